The zero-order valence-corrected chi connectivity index (χ0v) is 12.2. The van der Waals surface area contributed by atoms with E-state index >= 15 is 0 Å². The van der Waals surface area contributed by atoms with E-state index in [0.29, 0.717) is 18.6 Å². The zero-order chi connectivity index (χ0) is 14.1. The van der Waals surface area contributed by atoms with E-state index in [-0.39, 0.29) is 6.03 Å². The van der Waals surface area contributed by atoms with Crippen LogP contribution in [0.2, 0.25) is 0 Å². The van der Waals surface area contributed by atoms with E-state index in [4.69, 9.17) is 0 Å². The van der Waals surface area contributed by atoms with Gasteiger partial charge in [-0.25, -0.2) is 4.79 Å². The van der Waals surface area contributed by atoms with E-state index < -0.39 is 0 Å². The number of nitrogens with one attached hydrogen (secondary N) is 1. The number of aromatic nitrogens is 1. The minimum absolute atomic E-state index is 0.0218. The van der Waals surface area contributed by atoms with Crippen LogP contribution >= 0.6 is 0 Å². The fourth-order valence-electron chi connectivity index (χ4n) is 3.12. The molecule has 0 aliphatic carbocycles. The van der Waals surface area contributed by atoms with Crippen molar-refractivity contribution in [3.05, 3.63) is 24.0 Å². The van der Waals surface area contributed by atoms with Crippen LogP contribution in [0.4, 0.5) is 10.5 Å². The summed E-state index contributed by atoms with van der Waals surface area (Å²) in [5.41, 5.74) is 2.01. The summed E-state index contributed by atoms with van der Waals surface area (Å²) in [6.07, 6.45) is 5.64. The molecule has 0 spiro atoms. The number of hydrogen-bond donors (Lipinski definition) is 1. The Kier molecular flexibility index (Phi) is 3.61. The average Bonchev–Trinajstić information content (AvgIpc) is 2.46. The topological polar surface area (TPSA) is 48.5 Å². The molecule has 3 heterocycles. The Morgan fingerprint density at radius 3 is 2.80 bits per heavy atom. The number of carbonyl (C=O) groups excluding carboxylic acids is 1. The van der Waals surface area contributed by atoms with Crippen molar-refractivity contribution in [2.45, 2.75) is 45.3 Å². The molecule has 0 unspecified atom stereocenters. The molecule has 0 atom stereocenters. The third-order valence-corrected chi connectivity index (χ3v) is 4.42. The lowest BCUT2D eigenvalue weighted by atomic mass is 10.0. The van der Waals surface area contributed by atoms with Gasteiger partial charge in [0.05, 0.1) is 11.9 Å². The van der Waals surface area contributed by atoms with E-state index in [1.807, 2.05) is 11.0 Å². The van der Waals surface area contributed by atoms with E-state index in [0.717, 1.165) is 37.2 Å². The number of likely N-dealkylation sites (tertiary alicyclic amines) is 1. The maximum Gasteiger partial charge on any atom is 0.322 e. The first-order valence-corrected chi connectivity index (χ1v) is 7.39. The summed E-state index contributed by atoms with van der Waals surface area (Å²) in [6, 6.07) is 2.96. The smallest absolute Gasteiger partial charge is 0.317 e. The molecule has 2 amide bonds. The maximum atomic E-state index is 12.2. The molecule has 1 aromatic rings. The molecule has 5 nitrogen and oxygen atoms in total. The number of amides is 2. The van der Waals surface area contributed by atoms with E-state index in [1.54, 1.807) is 12.4 Å². The lowest BCUT2D eigenvalue weighted by Gasteiger charge is -2.41. The lowest BCUT2D eigenvalue weighted by molar-refractivity contribution is 0.105. The van der Waals surface area contributed by atoms with Crippen LogP contribution in [0.5, 0.6) is 0 Å². The number of hydrogen-bond acceptors (Lipinski definition) is 3. The van der Waals surface area contributed by atoms with Crippen LogP contribution < -0.4 is 5.32 Å². The molecule has 1 saturated heterocycles. The van der Waals surface area contributed by atoms with Crippen molar-refractivity contribution in [1.29, 1.82) is 0 Å². The van der Waals surface area contributed by atoms with Crippen molar-refractivity contribution >= 4 is 11.7 Å². The summed E-state index contributed by atoms with van der Waals surface area (Å²) < 4.78 is 0. The molecule has 3 rings (SSSR count). The number of urea groups is 1. The molecule has 108 valence electrons. The van der Waals surface area contributed by atoms with Gasteiger partial charge < -0.3 is 15.1 Å². The largest absolute Gasteiger partial charge is 0.322 e. The van der Waals surface area contributed by atoms with Crippen molar-refractivity contribution in [2.75, 3.05) is 18.4 Å². The second-order valence-electron chi connectivity index (χ2n) is 5.95. The van der Waals surface area contributed by atoms with Gasteiger partial charge in [0.15, 0.2) is 0 Å². The van der Waals surface area contributed by atoms with Gasteiger partial charge in [-0.1, -0.05) is 0 Å². The minimum atomic E-state index is 0.0218. The third-order valence-electron chi connectivity index (χ3n) is 4.42. The average molecular weight is 274 g/mol. The first-order chi connectivity index (χ1) is 9.65. The molecule has 5 heteroatoms. The highest BCUT2D eigenvalue weighted by Crippen LogP contribution is 2.27. The molecule has 0 radical (unpaired) electrons. The number of carbonyl (C=O) groups is 1. The van der Waals surface area contributed by atoms with E-state index in [9.17, 15) is 4.79 Å². The third kappa shape index (κ3) is 2.50. The summed E-state index contributed by atoms with van der Waals surface area (Å²) in [5.74, 6) is 0. The monoisotopic (exact) mass is 274 g/mol. The molecule has 2 aliphatic heterocycles. The maximum absolute atomic E-state index is 12.2. The van der Waals surface area contributed by atoms with Gasteiger partial charge >= 0.3 is 6.03 Å². The second kappa shape index (κ2) is 5.40. The quantitative estimate of drug-likeness (QED) is 0.900. The first-order valence-electron chi connectivity index (χ1n) is 7.39. The molecule has 0 aromatic carbocycles. The summed E-state index contributed by atoms with van der Waals surface area (Å²) in [6.45, 7) is 7.33. The van der Waals surface area contributed by atoms with Crippen molar-refractivity contribution in [3.63, 3.8) is 0 Å². The number of nitrogens with zero attached hydrogens (tertiary/aromatic N) is 3. The first kappa shape index (κ1) is 13.4. The Hall–Kier alpha value is -1.62. The van der Waals surface area contributed by atoms with Gasteiger partial charge in [0.1, 0.15) is 0 Å². The molecule has 0 bridgehead atoms. The molecular weight excluding hydrogens is 252 g/mol. The summed E-state index contributed by atoms with van der Waals surface area (Å²) in [5, 5.41) is 2.95. The Labute approximate surface area is 120 Å². The van der Waals surface area contributed by atoms with Gasteiger partial charge in [0, 0.05) is 37.9 Å². The molecule has 0 saturated carbocycles. The van der Waals surface area contributed by atoms with Gasteiger partial charge in [0.2, 0.25) is 0 Å². The standard InChI is InChI=1S/C15H22N4O/c1-11(2)18-7-4-13(5-8-18)19-10-12-3-6-16-9-14(12)17-15(19)20/h3,6,9,11,13H,4-5,7-8,10H2,1-2H3,(H,17,20). The summed E-state index contributed by atoms with van der Waals surface area (Å²) >= 11 is 0. The second-order valence-corrected chi connectivity index (χ2v) is 5.95. The predicted octanol–water partition coefficient (Wildman–Crippen LogP) is 2.30. The van der Waals surface area contributed by atoms with Crippen LogP contribution in [0.1, 0.15) is 32.3 Å². The Morgan fingerprint density at radius 2 is 2.10 bits per heavy atom. The van der Waals surface area contributed by atoms with Crippen LogP contribution in [-0.2, 0) is 6.54 Å². The van der Waals surface area contributed by atoms with Crippen LogP contribution in [-0.4, -0.2) is 46.0 Å². The highest BCUT2D eigenvalue weighted by Gasteiger charge is 2.31. The Morgan fingerprint density at radius 1 is 1.35 bits per heavy atom. The SMILES string of the molecule is CC(C)N1CCC(N2Cc3ccncc3NC2=O)CC1. The molecule has 1 fully saturated rings. The zero-order valence-electron chi connectivity index (χ0n) is 12.2. The normalized spacial score (nSPS) is 20.9. The highest BCUT2D eigenvalue weighted by molar-refractivity contribution is 5.92. The van der Waals surface area contributed by atoms with Gasteiger partial charge in [-0.2, -0.15) is 0 Å². The minimum Gasteiger partial charge on any atom is -0.317 e. The molecule has 20 heavy (non-hydrogen) atoms. The number of anilines is 1. The van der Waals surface area contributed by atoms with Crippen molar-refractivity contribution in [3.8, 4) is 0 Å². The van der Waals surface area contributed by atoms with E-state index in [1.165, 1.54) is 0 Å². The van der Waals surface area contributed by atoms with Gasteiger partial charge in [-0.3, -0.25) is 4.98 Å². The summed E-state index contributed by atoms with van der Waals surface area (Å²) in [7, 11) is 0. The predicted molar refractivity (Wildman–Crippen MR) is 78.5 cm³/mol. The molecule has 1 N–H and O–H groups in total. The molecule has 2 aliphatic rings. The van der Waals surface area contributed by atoms with Gasteiger partial charge in [-0.05, 0) is 38.3 Å². The molecule has 1 aromatic heterocycles. The Balaban J connectivity index is 1.68. The van der Waals surface area contributed by atoms with Crippen molar-refractivity contribution in [2.24, 2.45) is 0 Å². The molecular formula is C15H22N4O. The number of fused-ring (bicyclic) bond motifs is 1. The van der Waals surface area contributed by atoms with Crippen LogP contribution in [0.3, 0.4) is 0 Å². The number of piperidine rings is 1. The van der Waals surface area contributed by atoms with Gasteiger partial charge in [-0.15, -0.1) is 0 Å². The van der Waals surface area contributed by atoms with Crippen LogP contribution in [0.25, 0.3) is 0 Å². The summed E-state index contributed by atoms with van der Waals surface area (Å²) in [4.78, 5) is 20.8. The van der Waals surface area contributed by atoms with Crippen molar-refractivity contribution < 1.29 is 4.79 Å². The number of pyridine rings is 1. The van der Waals surface area contributed by atoms with Crippen molar-refractivity contribution in [1.82, 2.24) is 14.8 Å². The fourth-order valence-corrected chi connectivity index (χ4v) is 3.12. The lowest BCUT2D eigenvalue weighted by Crippen LogP contribution is -2.51. The van der Waals surface area contributed by atoms with Gasteiger partial charge in [0.25, 0.3) is 0 Å². The Bertz CT molecular complexity index is 494. The number of rotatable bonds is 2. The fraction of sp³-hybridized carbons (Fsp3) is 0.600. The van der Waals surface area contributed by atoms with E-state index in [2.05, 4.69) is 29.0 Å². The highest BCUT2D eigenvalue weighted by atomic mass is 16.2. The van der Waals surface area contributed by atoms with Crippen LogP contribution in [0.15, 0.2) is 18.5 Å². The van der Waals surface area contributed by atoms with Crippen LogP contribution in [0, 0.1) is 0 Å².